The topological polar surface area (TPSA) is 42.7 Å². The van der Waals surface area contributed by atoms with Crippen LogP contribution in [0.5, 0.6) is 0 Å². The molecule has 2 aliphatic carbocycles. The van der Waals surface area contributed by atoms with Crippen LogP contribution in [-0.4, -0.2) is 27.6 Å². The summed E-state index contributed by atoms with van der Waals surface area (Å²) in [4.78, 5) is 0. The van der Waals surface area contributed by atoms with Crippen molar-refractivity contribution >= 4 is 0 Å². The van der Waals surface area contributed by atoms with E-state index in [1.54, 1.807) is 6.20 Å². The Morgan fingerprint density at radius 2 is 2.21 bits per heavy atom. The van der Waals surface area contributed by atoms with Gasteiger partial charge in [0.2, 0.25) is 0 Å². The fourth-order valence-electron chi connectivity index (χ4n) is 4.65. The van der Waals surface area contributed by atoms with Crippen molar-refractivity contribution in [2.75, 3.05) is 6.54 Å². The summed E-state index contributed by atoms with van der Waals surface area (Å²) < 4.78 is 1.91. The molecule has 2 saturated carbocycles. The van der Waals surface area contributed by atoms with Crippen LogP contribution in [0.15, 0.2) is 12.4 Å². The van der Waals surface area contributed by atoms with Gasteiger partial charge < -0.3 is 5.32 Å². The van der Waals surface area contributed by atoms with Crippen molar-refractivity contribution in [1.82, 2.24) is 20.3 Å². The van der Waals surface area contributed by atoms with Crippen molar-refractivity contribution in [2.45, 2.75) is 59.0 Å². The number of hydrogen-bond donors (Lipinski definition) is 1. The van der Waals surface area contributed by atoms with E-state index >= 15 is 0 Å². The Morgan fingerprint density at radius 1 is 1.37 bits per heavy atom. The van der Waals surface area contributed by atoms with E-state index in [0.29, 0.717) is 16.9 Å². The molecule has 0 saturated heterocycles. The molecule has 0 amide bonds. The largest absolute Gasteiger partial charge is 0.313 e. The van der Waals surface area contributed by atoms with E-state index in [1.165, 1.54) is 19.3 Å². The molecule has 1 aromatic rings. The predicted octanol–water partition coefficient (Wildman–Crippen LogP) is 2.47. The molecule has 19 heavy (non-hydrogen) atoms. The third kappa shape index (κ3) is 2.20. The quantitative estimate of drug-likeness (QED) is 0.829. The summed E-state index contributed by atoms with van der Waals surface area (Å²) in [5, 5.41) is 11.7. The minimum absolute atomic E-state index is 0.459. The molecule has 0 aromatic carbocycles. The highest BCUT2D eigenvalue weighted by atomic mass is 15.4. The third-order valence-corrected chi connectivity index (χ3v) is 5.65. The summed E-state index contributed by atoms with van der Waals surface area (Å²) in [5.74, 6) is 0.922. The maximum atomic E-state index is 4.00. The van der Waals surface area contributed by atoms with Crippen LogP contribution < -0.4 is 5.32 Å². The first-order valence-corrected chi connectivity index (χ1v) is 7.60. The van der Waals surface area contributed by atoms with Gasteiger partial charge in [-0.2, -0.15) is 0 Å². The van der Waals surface area contributed by atoms with Crippen LogP contribution in [-0.2, 0) is 6.54 Å². The average molecular weight is 262 g/mol. The number of aromatic nitrogens is 3. The highest BCUT2D eigenvalue weighted by Gasteiger charge is 2.58. The Kier molecular flexibility index (Phi) is 3.16. The van der Waals surface area contributed by atoms with Crippen LogP contribution in [0, 0.1) is 16.7 Å². The zero-order valence-corrected chi connectivity index (χ0v) is 12.4. The van der Waals surface area contributed by atoms with Gasteiger partial charge in [0, 0.05) is 18.8 Å². The fraction of sp³-hybridized carbons (Fsp3) is 0.867. The normalized spacial score (nSPS) is 35.9. The van der Waals surface area contributed by atoms with E-state index in [9.17, 15) is 0 Å². The maximum absolute atomic E-state index is 4.00. The summed E-state index contributed by atoms with van der Waals surface area (Å²) >= 11 is 0. The first-order chi connectivity index (χ1) is 9.02. The van der Waals surface area contributed by atoms with E-state index in [0.717, 1.165) is 25.4 Å². The number of hydrogen-bond acceptors (Lipinski definition) is 3. The molecule has 4 nitrogen and oxygen atoms in total. The van der Waals surface area contributed by atoms with E-state index in [-0.39, 0.29) is 0 Å². The number of fused-ring (bicyclic) bond motifs is 2. The van der Waals surface area contributed by atoms with Crippen molar-refractivity contribution in [3.05, 3.63) is 12.4 Å². The Balaban J connectivity index is 1.52. The van der Waals surface area contributed by atoms with Gasteiger partial charge in [-0.05, 0) is 49.0 Å². The molecular formula is C15H26N4. The zero-order valence-electron chi connectivity index (χ0n) is 12.4. The van der Waals surface area contributed by atoms with E-state index in [1.807, 2.05) is 10.9 Å². The Hall–Kier alpha value is -0.900. The Morgan fingerprint density at radius 3 is 2.84 bits per heavy atom. The van der Waals surface area contributed by atoms with Crippen molar-refractivity contribution in [2.24, 2.45) is 16.7 Å². The van der Waals surface area contributed by atoms with E-state index < -0.39 is 0 Å². The lowest BCUT2D eigenvalue weighted by molar-refractivity contribution is 0.109. The second-order valence-corrected chi connectivity index (χ2v) is 7.32. The van der Waals surface area contributed by atoms with Gasteiger partial charge in [0.25, 0.3) is 0 Å². The number of nitrogens with zero attached hydrogens (tertiary/aromatic N) is 3. The number of rotatable bonds is 5. The lowest BCUT2D eigenvalue weighted by Gasteiger charge is -2.43. The molecule has 3 unspecified atom stereocenters. The molecule has 2 bridgehead atoms. The molecule has 106 valence electrons. The van der Waals surface area contributed by atoms with Crippen molar-refractivity contribution in [3.8, 4) is 0 Å². The van der Waals surface area contributed by atoms with Crippen LogP contribution in [0.25, 0.3) is 0 Å². The molecule has 0 radical (unpaired) electrons. The standard InChI is InChI=1S/C15H26N4/c1-14(2)12-5-6-15(3,11-12)13(14)16-7-4-9-19-10-8-17-18-19/h8,10,12-13,16H,4-7,9,11H2,1-3H3. The summed E-state index contributed by atoms with van der Waals surface area (Å²) in [6.45, 7) is 9.43. The van der Waals surface area contributed by atoms with Crippen LogP contribution in [0.1, 0.15) is 46.5 Å². The van der Waals surface area contributed by atoms with E-state index in [2.05, 4.69) is 36.4 Å². The molecule has 4 heteroatoms. The maximum Gasteiger partial charge on any atom is 0.0692 e. The first kappa shape index (κ1) is 13.1. The molecule has 2 fully saturated rings. The molecule has 2 aliphatic rings. The van der Waals surface area contributed by atoms with Gasteiger partial charge in [0.15, 0.2) is 0 Å². The molecule has 0 aliphatic heterocycles. The first-order valence-electron chi connectivity index (χ1n) is 7.60. The third-order valence-electron chi connectivity index (χ3n) is 5.65. The van der Waals surface area contributed by atoms with Gasteiger partial charge in [0.1, 0.15) is 0 Å². The molecule has 0 spiro atoms. The number of nitrogens with one attached hydrogen (secondary N) is 1. The lowest BCUT2D eigenvalue weighted by atomic mass is 9.68. The SMILES string of the molecule is CC12CCC(C1)C(C)(C)C2NCCCn1ccnn1. The molecule has 1 heterocycles. The molecule has 1 N–H and O–H groups in total. The highest BCUT2D eigenvalue weighted by molar-refractivity contribution is 5.11. The van der Waals surface area contributed by atoms with Gasteiger partial charge in [-0.25, -0.2) is 0 Å². The Bertz CT molecular complexity index is 421. The van der Waals surface area contributed by atoms with E-state index in [4.69, 9.17) is 0 Å². The minimum atomic E-state index is 0.459. The molecule has 3 atom stereocenters. The van der Waals surface area contributed by atoms with Crippen molar-refractivity contribution in [1.29, 1.82) is 0 Å². The van der Waals surface area contributed by atoms with Crippen molar-refractivity contribution < 1.29 is 0 Å². The summed E-state index contributed by atoms with van der Waals surface area (Å²) in [7, 11) is 0. The second kappa shape index (κ2) is 4.58. The fourth-order valence-corrected chi connectivity index (χ4v) is 4.65. The molecular weight excluding hydrogens is 236 g/mol. The lowest BCUT2D eigenvalue weighted by Crippen LogP contribution is -2.50. The zero-order chi connectivity index (χ0) is 13.5. The van der Waals surface area contributed by atoms with Crippen LogP contribution in [0.3, 0.4) is 0 Å². The summed E-state index contributed by atoms with van der Waals surface area (Å²) in [5.41, 5.74) is 0.988. The van der Waals surface area contributed by atoms with Gasteiger partial charge in [0.05, 0.1) is 6.20 Å². The van der Waals surface area contributed by atoms with Crippen molar-refractivity contribution in [3.63, 3.8) is 0 Å². The summed E-state index contributed by atoms with van der Waals surface area (Å²) in [6.07, 6.45) is 9.05. The smallest absolute Gasteiger partial charge is 0.0692 e. The Labute approximate surface area is 116 Å². The monoisotopic (exact) mass is 262 g/mol. The van der Waals surface area contributed by atoms with Crippen LogP contribution >= 0.6 is 0 Å². The number of aryl methyl sites for hydroxylation is 1. The predicted molar refractivity (Wildman–Crippen MR) is 75.7 cm³/mol. The molecule has 3 rings (SSSR count). The van der Waals surface area contributed by atoms with Gasteiger partial charge in [-0.15, -0.1) is 5.10 Å². The van der Waals surface area contributed by atoms with Gasteiger partial charge >= 0.3 is 0 Å². The van der Waals surface area contributed by atoms with Gasteiger partial charge in [-0.3, -0.25) is 4.68 Å². The second-order valence-electron chi connectivity index (χ2n) is 7.32. The minimum Gasteiger partial charge on any atom is -0.313 e. The van der Waals surface area contributed by atoms with Crippen LogP contribution in [0.4, 0.5) is 0 Å². The summed E-state index contributed by atoms with van der Waals surface area (Å²) in [6, 6.07) is 0.675. The van der Waals surface area contributed by atoms with Crippen LogP contribution in [0.2, 0.25) is 0 Å². The average Bonchev–Trinajstić information content (AvgIpc) is 3.01. The molecule has 1 aromatic heterocycles. The van der Waals surface area contributed by atoms with Gasteiger partial charge in [-0.1, -0.05) is 26.0 Å². The highest BCUT2D eigenvalue weighted by Crippen LogP contribution is 2.62.